The monoisotopic (exact) mass is 253 g/mol. The summed E-state index contributed by atoms with van der Waals surface area (Å²) in [5.41, 5.74) is 1.24. The zero-order valence-corrected chi connectivity index (χ0v) is 11.5. The molecule has 1 aliphatic heterocycles. The first kappa shape index (κ1) is 13.0. The van der Waals surface area contributed by atoms with Crippen molar-refractivity contribution in [3.8, 4) is 0 Å². The van der Waals surface area contributed by atoms with Gasteiger partial charge in [0.1, 0.15) is 0 Å². The molecule has 0 bridgehead atoms. The van der Waals surface area contributed by atoms with Crippen molar-refractivity contribution >= 4 is 11.3 Å². The first-order valence-corrected chi connectivity index (χ1v) is 7.55. The molecular weight excluding hydrogens is 230 g/mol. The molecule has 1 aromatic rings. The second kappa shape index (κ2) is 7.09. The van der Waals surface area contributed by atoms with Gasteiger partial charge in [0.05, 0.1) is 10.7 Å². The first-order chi connectivity index (χ1) is 8.34. The molecule has 0 aliphatic carbocycles. The molecule has 2 heterocycles. The molecule has 0 saturated carbocycles. The van der Waals surface area contributed by atoms with Gasteiger partial charge in [-0.1, -0.05) is 0 Å². The Labute approximate surface area is 108 Å². The lowest BCUT2D eigenvalue weighted by Gasteiger charge is -2.22. The van der Waals surface area contributed by atoms with Crippen LogP contribution < -0.4 is 10.6 Å². The van der Waals surface area contributed by atoms with E-state index in [-0.39, 0.29) is 0 Å². The van der Waals surface area contributed by atoms with Crippen LogP contribution in [0.3, 0.4) is 0 Å². The third kappa shape index (κ3) is 4.74. The Morgan fingerprint density at radius 3 is 2.94 bits per heavy atom. The summed E-state index contributed by atoms with van der Waals surface area (Å²) in [6.07, 6.45) is 5.11. The van der Waals surface area contributed by atoms with E-state index in [4.69, 9.17) is 0 Å². The number of hydrogen-bond donors (Lipinski definition) is 2. The van der Waals surface area contributed by atoms with E-state index in [0.29, 0.717) is 0 Å². The van der Waals surface area contributed by atoms with Crippen molar-refractivity contribution in [1.29, 1.82) is 0 Å². The Balaban J connectivity index is 1.51. The highest BCUT2D eigenvalue weighted by atomic mass is 32.1. The highest BCUT2D eigenvalue weighted by Gasteiger charge is 2.11. The average Bonchev–Trinajstić information content (AvgIpc) is 2.76. The first-order valence-electron chi connectivity index (χ1n) is 6.67. The summed E-state index contributed by atoms with van der Waals surface area (Å²) in [6, 6.07) is 0. The molecule has 0 atom stereocenters. The third-order valence-electron chi connectivity index (χ3n) is 3.41. The maximum absolute atomic E-state index is 4.47. The highest BCUT2D eigenvalue weighted by Crippen LogP contribution is 2.14. The lowest BCUT2D eigenvalue weighted by atomic mass is 9.95. The van der Waals surface area contributed by atoms with Crippen LogP contribution >= 0.6 is 11.3 Å². The number of rotatable bonds is 6. The van der Waals surface area contributed by atoms with Crippen molar-refractivity contribution in [1.82, 2.24) is 15.6 Å². The molecule has 2 rings (SSSR count). The van der Waals surface area contributed by atoms with Crippen molar-refractivity contribution in [2.24, 2.45) is 5.92 Å². The zero-order valence-electron chi connectivity index (χ0n) is 10.7. The van der Waals surface area contributed by atoms with Gasteiger partial charge in [-0.15, -0.1) is 11.3 Å². The summed E-state index contributed by atoms with van der Waals surface area (Å²) in [4.78, 5) is 4.47. The Kier molecular flexibility index (Phi) is 5.42. The maximum atomic E-state index is 4.47. The van der Waals surface area contributed by atoms with E-state index >= 15 is 0 Å². The highest BCUT2D eigenvalue weighted by molar-refractivity contribution is 7.09. The van der Waals surface area contributed by atoms with Crippen molar-refractivity contribution in [3.05, 3.63) is 16.1 Å². The largest absolute Gasteiger partial charge is 0.317 e. The molecular formula is C13H23N3S. The van der Waals surface area contributed by atoms with Crippen molar-refractivity contribution < 1.29 is 0 Å². The molecule has 1 fully saturated rings. The van der Waals surface area contributed by atoms with Gasteiger partial charge in [0.15, 0.2) is 0 Å². The molecule has 17 heavy (non-hydrogen) atoms. The van der Waals surface area contributed by atoms with E-state index in [0.717, 1.165) is 25.4 Å². The van der Waals surface area contributed by atoms with Crippen LogP contribution in [0, 0.1) is 12.8 Å². The van der Waals surface area contributed by atoms with Crippen LogP contribution in [0.2, 0.25) is 0 Å². The van der Waals surface area contributed by atoms with E-state index < -0.39 is 0 Å². The minimum atomic E-state index is 0.935. The van der Waals surface area contributed by atoms with Gasteiger partial charge in [-0.3, -0.25) is 0 Å². The molecule has 0 aromatic carbocycles. The summed E-state index contributed by atoms with van der Waals surface area (Å²) in [5.74, 6) is 0.935. The van der Waals surface area contributed by atoms with Gasteiger partial charge >= 0.3 is 0 Å². The lowest BCUT2D eigenvalue weighted by Crippen LogP contribution is -2.30. The van der Waals surface area contributed by atoms with Gasteiger partial charge in [0.2, 0.25) is 0 Å². The molecule has 0 spiro atoms. The van der Waals surface area contributed by atoms with Gasteiger partial charge in [0, 0.05) is 18.3 Å². The van der Waals surface area contributed by atoms with Crippen LogP contribution in [0.5, 0.6) is 0 Å². The third-order valence-corrected chi connectivity index (χ3v) is 4.23. The summed E-state index contributed by atoms with van der Waals surface area (Å²) >= 11 is 1.75. The van der Waals surface area contributed by atoms with E-state index in [1.54, 1.807) is 11.3 Å². The topological polar surface area (TPSA) is 37.0 Å². The summed E-state index contributed by atoms with van der Waals surface area (Å²) in [7, 11) is 0. The minimum Gasteiger partial charge on any atom is -0.317 e. The second-order valence-corrected chi connectivity index (χ2v) is 5.90. The Bertz CT molecular complexity index is 318. The van der Waals surface area contributed by atoms with E-state index in [1.807, 2.05) is 0 Å². The minimum absolute atomic E-state index is 0.935. The number of aryl methyl sites for hydroxylation is 1. The standard InChI is InChI=1S/C13H23N3S/c1-11-16-13(10-17-11)5-9-15-8-4-12-2-6-14-7-3-12/h10,12,14-15H,2-9H2,1H3. The maximum Gasteiger partial charge on any atom is 0.0897 e. The summed E-state index contributed by atoms with van der Waals surface area (Å²) in [6.45, 7) is 6.71. The molecule has 3 nitrogen and oxygen atoms in total. The molecule has 0 unspecified atom stereocenters. The quantitative estimate of drug-likeness (QED) is 0.761. The zero-order chi connectivity index (χ0) is 11.9. The second-order valence-electron chi connectivity index (χ2n) is 4.84. The van der Waals surface area contributed by atoms with Crippen LogP contribution in [0.1, 0.15) is 30.0 Å². The predicted molar refractivity (Wildman–Crippen MR) is 73.6 cm³/mol. The van der Waals surface area contributed by atoms with Crippen LogP contribution in [0.4, 0.5) is 0 Å². The number of piperidine rings is 1. The van der Waals surface area contributed by atoms with E-state index in [1.165, 1.54) is 43.1 Å². The normalized spacial score (nSPS) is 17.5. The molecule has 1 aliphatic rings. The number of thiazole rings is 1. The van der Waals surface area contributed by atoms with Crippen molar-refractivity contribution in [2.45, 2.75) is 32.6 Å². The summed E-state index contributed by atoms with van der Waals surface area (Å²) in [5, 5.41) is 10.3. The Hall–Kier alpha value is -0.450. The smallest absolute Gasteiger partial charge is 0.0897 e. The number of nitrogens with zero attached hydrogens (tertiary/aromatic N) is 1. The van der Waals surface area contributed by atoms with Crippen LogP contribution in [-0.2, 0) is 6.42 Å². The average molecular weight is 253 g/mol. The number of nitrogens with one attached hydrogen (secondary N) is 2. The SMILES string of the molecule is Cc1nc(CCNCCC2CCNCC2)cs1. The molecule has 1 saturated heterocycles. The molecule has 96 valence electrons. The molecule has 4 heteroatoms. The van der Waals surface area contributed by atoms with E-state index in [9.17, 15) is 0 Å². The van der Waals surface area contributed by atoms with Crippen LogP contribution in [0.25, 0.3) is 0 Å². The van der Waals surface area contributed by atoms with Crippen LogP contribution in [-0.4, -0.2) is 31.2 Å². The molecule has 1 aromatic heterocycles. The fraction of sp³-hybridized carbons (Fsp3) is 0.769. The van der Waals surface area contributed by atoms with Gasteiger partial charge in [-0.2, -0.15) is 0 Å². The lowest BCUT2D eigenvalue weighted by molar-refractivity contribution is 0.349. The van der Waals surface area contributed by atoms with Gasteiger partial charge < -0.3 is 10.6 Å². The van der Waals surface area contributed by atoms with Crippen LogP contribution in [0.15, 0.2) is 5.38 Å². The number of aromatic nitrogens is 1. The predicted octanol–water partition coefficient (Wildman–Crippen LogP) is 1.97. The fourth-order valence-corrected chi connectivity index (χ4v) is 2.99. The van der Waals surface area contributed by atoms with Gasteiger partial charge in [-0.05, 0) is 51.7 Å². The summed E-state index contributed by atoms with van der Waals surface area (Å²) < 4.78 is 0. The molecule has 2 N–H and O–H groups in total. The van der Waals surface area contributed by atoms with Crippen molar-refractivity contribution in [3.63, 3.8) is 0 Å². The number of hydrogen-bond acceptors (Lipinski definition) is 4. The van der Waals surface area contributed by atoms with Gasteiger partial charge in [-0.25, -0.2) is 4.98 Å². The van der Waals surface area contributed by atoms with E-state index in [2.05, 4.69) is 27.9 Å². The van der Waals surface area contributed by atoms with Gasteiger partial charge in [0.25, 0.3) is 0 Å². The molecule has 0 amide bonds. The molecule has 0 radical (unpaired) electrons. The Morgan fingerprint density at radius 2 is 2.24 bits per heavy atom. The Morgan fingerprint density at radius 1 is 1.41 bits per heavy atom. The fourth-order valence-electron chi connectivity index (χ4n) is 2.34. The van der Waals surface area contributed by atoms with Crippen molar-refractivity contribution in [2.75, 3.05) is 26.2 Å².